The van der Waals surface area contributed by atoms with Crippen LogP contribution in [0.1, 0.15) is 26.2 Å². The molecule has 0 aliphatic rings. The molecule has 0 spiro atoms. The Morgan fingerprint density at radius 2 is 1.83 bits per heavy atom. The van der Waals surface area contributed by atoms with Crippen LogP contribution in [0.2, 0.25) is 0 Å². The summed E-state index contributed by atoms with van der Waals surface area (Å²) in [6.45, 7) is 5.12. The van der Waals surface area contributed by atoms with Crippen LogP contribution in [-0.2, 0) is 18.9 Å². The average molecular weight is 284 g/mol. The third-order valence-corrected chi connectivity index (χ3v) is 1.52. The molecule has 4 N–H and O–H groups in total. The Labute approximate surface area is 104 Å². The molecule has 8 nitrogen and oxygen atoms in total. The van der Waals surface area contributed by atoms with Crippen molar-refractivity contribution in [1.82, 2.24) is 0 Å². The topological polar surface area (TPSA) is 141 Å². The Hall–Kier alpha value is -1.21. The van der Waals surface area contributed by atoms with Crippen LogP contribution in [-0.4, -0.2) is 37.8 Å². The van der Waals surface area contributed by atoms with Crippen LogP contribution in [0.5, 0.6) is 0 Å². The maximum Gasteiger partial charge on any atom is 0.466 e. The van der Waals surface area contributed by atoms with Crippen molar-refractivity contribution in [3.63, 3.8) is 0 Å². The molecule has 0 rings (SSSR count). The summed E-state index contributed by atoms with van der Waals surface area (Å²) in [5.74, 6) is -1.80. The number of ether oxygens (including phenoxy) is 1. The van der Waals surface area contributed by atoms with Crippen LogP contribution in [0.15, 0.2) is 12.7 Å². The predicted molar refractivity (Wildman–Crippen MR) is 61.5 cm³/mol. The van der Waals surface area contributed by atoms with Gasteiger partial charge in [-0.1, -0.05) is 19.9 Å². The molecule has 106 valence electrons. The van der Waals surface area contributed by atoms with E-state index in [0.717, 1.165) is 18.9 Å². The second-order valence-corrected chi connectivity index (χ2v) is 4.15. The number of hydrogen-bond donors (Lipinski definition) is 4. The largest absolute Gasteiger partial charge is 0.479 e. The lowest BCUT2D eigenvalue weighted by molar-refractivity contribution is -0.161. The second-order valence-electron chi connectivity index (χ2n) is 3.12. The predicted octanol–water partition coefficient (Wildman–Crippen LogP) is 0.430. The molecule has 0 fully saturated rings. The van der Waals surface area contributed by atoms with Crippen LogP contribution in [0.3, 0.4) is 0 Å². The summed E-state index contributed by atoms with van der Waals surface area (Å²) < 4.78 is 13.5. The summed E-state index contributed by atoms with van der Waals surface area (Å²) in [6.07, 6.45) is 1.87. The molecule has 0 amide bonds. The first-order valence-electron chi connectivity index (χ1n) is 4.96. The Morgan fingerprint density at radius 3 is 2.11 bits per heavy atom. The van der Waals surface area contributed by atoms with Crippen molar-refractivity contribution in [2.45, 2.75) is 32.3 Å². The van der Waals surface area contributed by atoms with Crippen molar-refractivity contribution in [2.24, 2.45) is 0 Å². The number of esters is 1. The molecule has 1 unspecified atom stereocenters. The third kappa shape index (κ3) is 17.2. The minimum atomic E-state index is -4.64. The molecule has 0 aliphatic carbocycles. The van der Waals surface area contributed by atoms with Gasteiger partial charge < -0.3 is 24.5 Å². The molecule has 0 aliphatic heterocycles. The number of rotatable bonds is 6. The Kier molecular flexibility index (Phi) is 10.4. The maximum absolute atomic E-state index is 10.7. The van der Waals surface area contributed by atoms with Crippen molar-refractivity contribution >= 4 is 19.8 Å². The van der Waals surface area contributed by atoms with Gasteiger partial charge in [0.25, 0.3) is 0 Å². The maximum atomic E-state index is 10.7. The summed E-state index contributed by atoms with van der Waals surface area (Å²) in [5.41, 5.74) is 0. The Balaban J connectivity index is 0. The summed E-state index contributed by atoms with van der Waals surface area (Å²) >= 11 is 0. The molecule has 0 aromatic carbocycles. The molecule has 0 saturated carbocycles. The summed E-state index contributed by atoms with van der Waals surface area (Å²) in [5, 5.41) is 8.63. The highest BCUT2D eigenvalue weighted by molar-refractivity contribution is 7.45. The number of carbonyl (C=O) groups excluding carboxylic acids is 1. The second kappa shape index (κ2) is 9.78. The van der Waals surface area contributed by atoms with Gasteiger partial charge in [0.05, 0.1) is 0 Å². The zero-order valence-corrected chi connectivity index (χ0v) is 10.7. The van der Waals surface area contributed by atoms with E-state index in [1.54, 1.807) is 0 Å². The molecule has 18 heavy (non-hydrogen) atoms. The van der Waals surface area contributed by atoms with E-state index in [-0.39, 0.29) is 0 Å². The third-order valence-electron chi connectivity index (χ3n) is 1.52. The lowest BCUT2D eigenvalue weighted by Gasteiger charge is -2.11. The van der Waals surface area contributed by atoms with Crippen molar-refractivity contribution in [1.29, 1.82) is 0 Å². The monoisotopic (exact) mass is 284 g/mol. The van der Waals surface area contributed by atoms with Gasteiger partial charge in [0.15, 0.2) is 6.10 Å². The zero-order chi connectivity index (χ0) is 14.8. The first-order valence-corrected chi connectivity index (χ1v) is 6.52. The number of phosphoric acid groups is 1. The minimum Gasteiger partial charge on any atom is -0.479 e. The summed E-state index contributed by atoms with van der Waals surface area (Å²) in [7, 11) is -4.64. The molecule has 0 bridgehead atoms. The van der Waals surface area contributed by atoms with Gasteiger partial charge in [-0.3, -0.25) is 0 Å². The molecule has 0 aromatic heterocycles. The van der Waals surface area contributed by atoms with Gasteiger partial charge in [0, 0.05) is 6.08 Å². The highest BCUT2D eigenvalue weighted by Gasteiger charge is 2.19. The molecule has 0 radical (unpaired) electrons. The molecule has 1 atom stereocenters. The van der Waals surface area contributed by atoms with Crippen LogP contribution in [0.25, 0.3) is 0 Å². The number of hydrogen-bond acceptors (Lipinski definition) is 4. The number of carboxylic acid groups (broad SMARTS) is 1. The van der Waals surface area contributed by atoms with E-state index in [9.17, 15) is 9.59 Å². The molecular formula is C9H17O8P. The lowest BCUT2D eigenvalue weighted by atomic mass is 10.1. The van der Waals surface area contributed by atoms with Gasteiger partial charge in [-0.15, -0.1) is 0 Å². The fraction of sp³-hybridized carbons (Fsp3) is 0.556. The number of aliphatic carboxylic acids is 1. The zero-order valence-electron chi connectivity index (χ0n) is 9.85. The van der Waals surface area contributed by atoms with Gasteiger partial charge in [0.1, 0.15) is 0 Å². The standard InChI is InChI=1S/C9H14O4.H3O4P/c1-3-5-6-7(9(11)12)13-8(10)4-2;1-5(2,3)4/h4,7H,2-3,5-6H2,1H3,(H,11,12);(H3,1,2,3,4). The van der Waals surface area contributed by atoms with E-state index < -0.39 is 25.9 Å². The van der Waals surface area contributed by atoms with Crippen molar-refractivity contribution < 1.29 is 38.7 Å². The van der Waals surface area contributed by atoms with E-state index in [1.165, 1.54) is 0 Å². The summed E-state index contributed by atoms with van der Waals surface area (Å²) in [6, 6.07) is 0. The van der Waals surface area contributed by atoms with E-state index in [1.807, 2.05) is 6.92 Å². The van der Waals surface area contributed by atoms with Gasteiger partial charge in [-0.2, -0.15) is 0 Å². The van der Waals surface area contributed by atoms with Crippen molar-refractivity contribution in [3.05, 3.63) is 12.7 Å². The Morgan fingerprint density at radius 1 is 1.39 bits per heavy atom. The van der Waals surface area contributed by atoms with Gasteiger partial charge in [-0.05, 0) is 12.8 Å². The molecule has 9 heteroatoms. The van der Waals surface area contributed by atoms with Crippen LogP contribution < -0.4 is 0 Å². The van der Waals surface area contributed by atoms with Crippen LogP contribution >= 0.6 is 7.82 Å². The van der Waals surface area contributed by atoms with E-state index in [0.29, 0.717) is 6.42 Å². The summed E-state index contributed by atoms with van der Waals surface area (Å²) in [4.78, 5) is 42.8. The minimum absolute atomic E-state index is 0.353. The molecular weight excluding hydrogens is 267 g/mol. The first-order chi connectivity index (χ1) is 8.11. The quantitative estimate of drug-likeness (QED) is 0.312. The van der Waals surface area contributed by atoms with Crippen molar-refractivity contribution in [2.75, 3.05) is 0 Å². The first kappa shape index (κ1) is 19.1. The van der Waals surface area contributed by atoms with Gasteiger partial charge >= 0.3 is 19.8 Å². The lowest BCUT2D eigenvalue weighted by Crippen LogP contribution is -2.26. The van der Waals surface area contributed by atoms with Crippen molar-refractivity contribution in [3.8, 4) is 0 Å². The van der Waals surface area contributed by atoms with Crippen LogP contribution in [0, 0.1) is 0 Å². The van der Waals surface area contributed by atoms with Gasteiger partial charge in [0.2, 0.25) is 0 Å². The fourth-order valence-corrected chi connectivity index (χ4v) is 0.811. The van der Waals surface area contributed by atoms with Gasteiger partial charge in [-0.25, -0.2) is 14.2 Å². The molecule has 0 heterocycles. The number of carbonyl (C=O) groups is 2. The fourth-order valence-electron chi connectivity index (χ4n) is 0.811. The highest BCUT2D eigenvalue weighted by Crippen LogP contribution is 2.25. The van der Waals surface area contributed by atoms with E-state index in [2.05, 4.69) is 11.3 Å². The SMILES string of the molecule is C=CC(=O)OC(CCCC)C(=O)O.O=P(O)(O)O. The van der Waals surface area contributed by atoms with Crippen LogP contribution in [0.4, 0.5) is 0 Å². The van der Waals surface area contributed by atoms with E-state index >= 15 is 0 Å². The Bertz CT molecular complexity index is 312. The smallest absolute Gasteiger partial charge is 0.466 e. The normalized spacial score (nSPS) is 11.8. The molecule has 0 saturated heterocycles. The molecule has 0 aromatic rings. The van der Waals surface area contributed by atoms with E-state index in [4.69, 9.17) is 24.4 Å². The highest BCUT2D eigenvalue weighted by atomic mass is 31.2. The number of unbranched alkanes of at least 4 members (excludes halogenated alkanes) is 1. The number of carboxylic acids is 1. The average Bonchev–Trinajstić information content (AvgIpc) is 2.20.